The second kappa shape index (κ2) is 4.59. The van der Waals surface area contributed by atoms with Crippen LogP contribution in [-0.4, -0.2) is 10.8 Å². The number of nitriles is 1. The molecule has 1 aromatic rings. The van der Waals surface area contributed by atoms with Gasteiger partial charge in [-0.1, -0.05) is 11.6 Å². The Kier molecular flexibility index (Phi) is 3.43. The van der Waals surface area contributed by atoms with Gasteiger partial charge >= 0.3 is 0 Å². The van der Waals surface area contributed by atoms with Gasteiger partial charge in [0.1, 0.15) is 11.1 Å². The topological polar surface area (TPSA) is 96.0 Å². The molecule has 1 rings (SSSR count). The molecule has 0 heterocycles. The van der Waals surface area contributed by atoms with Crippen LogP contribution in [0.15, 0.2) is 12.1 Å². The third-order valence-corrected chi connectivity index (χ3v) is 2.02. The lowest BCUT2D eigenvalue weighted by Gasteiger charge is -2.05. The monoisotopic (exact) mass is 239 g/mol. The molecule has 82 valence electrons. The maximum atomic E-state index is 10.8. The number of amides is 1. The molecule has 0 aliphatic heterocycles. The Balaban J connectivity index is 3.33. The van der Waals surface area contributed by atoms with Gasteiger partial charge in [0.05, 0.1) is 16.2 Å². The summed E-state index contributed by atoms with van der Waals surface area (Å²) in [5.41, 5.74) is -0.218. The number of nitrogens with one attached hydrogen (secondary N) is 1. The largest absolute Gasteiger partial charge is 0.325 e. The van der Waals surface area contributed by atoms with Crippen molar-refractivity contribution in [3.05, 3.63) is 32.8 Å². The van der Waals surface area contributed by atoms with Gasteiger partial charge in [0.15, 0.2) is 0 Å². The number of hydrogen-bond acceptors (Lipinski definition) is 4. The van der Waals surface area contributed by atoms with Crippen LogP contribution in [0.4, 0.5) is 11.4 Å². The van der Waals surface area contributed by atoms with E-state index in [0.717, 1.165) is 6.07 Å². The van der Waals surface area contributed by atoms with Crippen molar-refractivity contribution < 1.29 is 9.72 Å². The summed E-state index contributed by atoms with van der Waals surface area (Å²) in [7, 11) is 0. The average Bonchev–Trinajstić information content (AvgIpc) is 2.16. The summed E-state index contributed by atoms with van der Waals surface area (Å²) in [6.45, 7) is 1.26. The number of benzene rings is 1. The van der Waals surface area contributed by atoms with Gasteiger partial charge in [0, 0.05) is 13.0 Å². The molecule has 0 aliphatic carbocycles. The first-order valence-electron chi connectivity index (χ1n) is 4.11. The number of carbonyl (C=O) groups is 1. The van der Waals surface area contributed by atoms with E-state index in [1.807, 2.05) is 0 Å². The Labute approximate surface area is 95.6 Å². The molecule has 6 nitrogen and oxygen atoms in total. The van der Waals surface area contributed by atoms with Crippen LogP contribution in [0.5, 0.6) is 0 Å². The molecule has 0 spiro atoms. The normalized spacial score (nSPS) is 9.31. The predicted octanol–water partition coefficient (Wildman–Crippen LogP) is 2.08. The van der Waals surface area contributed by atoms with Gasteiger partial charge in [-0.2, -0.15) is 5.26 Å². The van der Waals surface area contributed by atoms with E-state index in [1.54, 1.807) is 6.07 Å². The van der Waals surface area contributed by atoms with Crippen molar-refractivity contribution >= 4 is 28.9 Å². The first kappa shape index (κ1) is 11.9. The van der Waals surface area contributed by atoms with Crippen LogP contribution >= 0.6 is 11.6 Å². The zero-order valence-corrected chi connectivity index (χ0v) is 8.91. The molecule has 1 amide bonds. The van der Waals surface area contributed by atoms with Crippen molar-refractivity contribution in [2.45, 2.75) is 6.92 Å². The van der Waals surface area contributed by atoms with E-state index < -0.39 is 4.92 Å². The van der Waals surface area contributed by atoms with E-state index in [1.165, 1.54) is 13.0 Å². The number of nitro groups is 1. The van der Waals surface area contributed by atoms with Crippen molar-refractivity contribution in [3.8, 4) is 6.07 Å². The number of hydrogen-bond donors (Lipinski definition) is 1. The second-order valence-electron chi connectivity index (χ2n) is 2.90. The molecule has 1 aromatic carbocycles. The third kappa shape index (κ3) is 2.46. The molecule has 7 heteroatoms. The maximum absolute atomic E-state index is 10.8. The van der Waals surface area contributed by atoms with Gasteiger partial charge in [-0.3, -0.25) is 14.9 Å². The molecule has 0 saturated heterocycles. The summed E-state index contributed by atoms with van der Waals surface area (Å²) in [5.74, 6) is -0.388. The van der Waals surface area contributed by atoms with E-state index in [9.17, 15) is 14.9 Å². The average molecular weight is 240 g/mol. The molecule has 0 radical (unpaired) electrons. The lowest BCUT2D eigenvalue weighted by molar-refractivity contribution is -0.384. The lowest BCUT2D eigenvalue weighted by Crippen LogP contribution is -2.07. The number of carbonyl (C=O) groups excluding carboxylic acids is 1. The van der Waals surface area contributed by atoms with Crippen LogP contribution in [0.3, 0.4) is 0 Å². The lowest BCUT2D eigenvalue weighted by atomic mass is 10.1. The predicted molar refractivity (Wildman–Crippen MR) is 57.1 cm³/mol. The van der Waals surface area contributed by atoms with Crippen molar-refractivity contribution in [3.63, 3.8) is 0 Å². The zero-order valence-electron chi connectivity index (χ0n) is 8.15. The van der Waals surface area contributed by atoms with E-state index >= 15 is 0 Å². The van der Waals surface area contributed by atoms with Gasteiger partial charge in [-0.15, -0.1) is 0 Å². The maximum Gasteiger partial charge on any atom is 0.289 e. The summed E-state index contributed by atoms with van der Waals surface area (Å²) < 4.78 is 0. The van der Waals surface area contributed by atoms with Crippen LogP contribution in [0.2, 0.25) is 5.02 Å². The minimum Gasteiger partial charge on any atom is -0.325 e. The van der Waals surface area contributed by atoms with Gasteiger partial charge < -0.3 is 5.32 Å². The van der Waals surface area contributed by atoms with Crippen LogP contribution in [0.25, 0.3) is 0 Å². The molecule has 0 unspecified atom stereocenters. The van der Waals surface area contributed by atoms with Gasteiger partial charge in [0.25, 0.3) is 5.69 Å². The molecule has 0 saturated carbocycles. The highest BCUT2D eigenvalue weighted by atomic mass is 35.5. The highest BCUT2D eigenvalue weighted by Gasteiger charge is 2.17. The molecule has 0 atom stereocenters. The summed E-state index contributed by atoms with van der Waals surface area (Å²) in [5, 5.41) is 21.5. The number of halogens is 1. The van der Waals surface area contributed by atoms with Crippen LogP contribution in [0.1, 0.15) is 12.5 Å². The van der Waals surface area contributed by atoms with Gasteiger partial charge in [-0.05, 0) is 6.07 Å². The fraction of sp³-hybridized carbons (Fsp3) is 0.111. The Bertz CT molecular complexity index is 507. The van der Waals surface area contributed by atoms with E-state index in [2.05, 4.69) is 5.32 Å². The second-order valence-corrected chi connectivity index (χ2v) is 3.31. The minimum absolute atomic E-state index is 0.00806. The fourth-order valence-electron chi connectivity index (χ4n) is 1.09. The quantitative estimate of drug-likeness (QED) is 0.631. The van der Waals surface area contributed by atoms with Crippen LogP contribution in [0, 0.1) is 21.4 Å². The van der Waals surface area contributed by atoms with Gasteiger partial charge in [0.2, 0.25) is 5.91 Å². The Morgan fingerprint density at radius 3 is 2.69 bits per heavy atom. The van der Waals surface area contributed by atoms with E-state index in [4.69, 9.17) is 16.9 Å². The fourth-order valence-corrected chi connectivity index (χ4v) is 1.32. The molecule has 16 heavy (non-hydrogen) atoms. The van der Waals surface area contributed by atoms with Crippen LogP contribution in [-0.2, 0) is 4.79 Å². The summed E-state index contributed by atoms with van der Waals surface area (Å²) in [4.78, 5) is 20.7. The number of nitrogens with zero attached hydrogens (tertiary/aromatic N) is 2. The number of anilines is 1. The SMILES string of the molecule is CC(=O)Nc1cc(Cl)c([N+](=O)[O-])cc1C#N. The van der Waals surface area contributed by atoms with Gasteiger partial charge in [-0.25, -0.2) is 0 Å². The Hall–Kier alpha value is -2.13. The van der Waals surface area contributed by atoms with E-state index in [-0.39, 0.29) is 27.9 Å². The number of rotatable bonds is 2. The zero-order chi connectivity index (χ0) is 12.3. The highest BCUT2D eigenvalue weighted by Crippen LogP contribution is 2.30. The molecule has 0 bridgehead atoms. The van der Waals surface area contributed by atoms with Crippen molar-refractivity contribution in [1.82, 2.24) is 0 Å². The molecule has 0 fully saturated rings. The standard InChI is InChI=1S/C9H6ClN3O3/c1-5(14)12-8-3-7(10)9(13(15)16)2-6(8)4-11/h2-3H,1H3,(H,12,14). The minimum atomic E-state index is -0.694. The summed E-state index contributed by atoms with van der Waals surface area (Å²) in [6, 6.07) is 3.95. The number of nitro benzene ring substituents is 1. The Morgan fingerprint density at radius 2 is 2.25 bits per heavy atom. The van der Waals surface area contributed by atoms with Crippen LogP contribution < -0.4 is 5.32 Å². The van der Waals surface area contributed by atoms with E-state index in [0.29, 0.717) is 0 Å². The van der Waals surface area contributed by atoms with Crippen molar-refractivity contribution in [2.75, 3.05) is 5.32 Å². The highest BCUT2D eigenvalue weighted by molar-refractivity contribution is 6.33. The summed E-state index contributed by atoms with van der Waals surface area (Å²) in [6.07, 6.45) is 0. The molecular formula is C9H6ClN3O3. The molecule has 1 N–H and O–H groups in total. The molecule has 0 aliphatic rings. The summed E-state index contributed by atoms with van der Waals surface area (Å²) >= 11 is 5.63. The smallest absolute Gasteiger partial charge is 0.289 e. The molecule has 0 aromatic heterocycles. The Morgan fingerprint density at radius 1 is 1.62 bits per heavy atom. The molecular weight excluding hydrogens is 234 g/mol. The third-order valence-electron chi connectivity index (χ3n) is 1.71. The first-order valence-corrected chi connectivity index (χ1v) is 4.49. The first-order chi connectivity index (χ1) is 7.45. The van der Waals surface area contributed by atoms with Crippen molar-refractivity contribution in [1.29, 1.82) is 5.26 Å². The van der Waals surface area contributed by atoms with Crippen molar-refractivity contribution in [2.24, 2.45) is 0 Å².